The van der Waals surface area contributed by atoms with Crippen LogP contribution in [0, 0.1) is 0 Å². The van der Waals surface area contributed by atoms with Gasteiger partial charge in [0.25, 0.3) is 5.91 Å². The average Bonchev–Trinajstić information content (AvgIpc) is 3.17. The lowest BCUT2D eigenvalue weighted by Gasteiger charge is -2.33. The zero-order chi connectivity index (χ0) is 14.2. The van der Waals surface area contributed by atoms with Crippen LogP contribution in [0.1, 0.15) is 23.2 Å². The molecule has 1 aromatic carbocycles. The number of H-pyrrole nitrogens is 1. The van der Waals surface area contributed by atoms with Crippen LogP contribution in [0.5, 0.6) is 0 Å². The smallest absolute Gasteiger partial charge is 0.253 e. The average molecular weight is 282 g/mol. The van der Waals surface area contributed by atoms with Gasteiger partial charge in [-0.3, -0.25) is 9.89 Å². The molecule has 4 rings (SSSR count). The number of piperazine rings is 1. The molecule has 2 N–H and O–H groups in total. The second-order valence-electron chi connectivity index (χ2n) is 5.91. The minimum atomic E-state index is 0.146. The van der Waals surface area contributed by atoms with Gasteiger partial charge in [0, 0.05) is 42.5 Å². The lowest BCUT2D eigenvalue weighted by Crippen LogP contribution is -2.53. The molecule has 2 aliphatic rings. The fraction of sp³-hybridized carbons (Fsp3) is 0.375. The van der Waals surface area contributed by atoms with E-state index < -0.39 is 0 Å². The van der Waals surface area contributed by atoms with Crippen LogP contribution in [0.25, 0.3) is 11.1 Å². The Morgan fingerprint density at radius 3 is 2.43 bits per heavy atom. The predicted molar refractivity (Wildman–Crippen MR) is 79.9 cm³/mol. The molecule has 0 aliphatic carbocycles. The zero-order valence-electron chi connectivity index (χ0n) is 11.7. The highest BCUT2D eigenvalue weighted by Crippen LogP contribution is 2.23. The van der Waals surface area contributed by atoms with Crippen molar-refractivity contribution in [3.63, 3.8) is 0 Å². The van der Waals surface area contributed by atoms with E-state index >= 15 is 0 Å². The summed E-state index contributed by atoms with van der Waals surface area (Å²) < 4.78 is 0. The second-order valence-corrected chi connectivity index (χ2v) is 5.91. The summed E-state index contributed by atoms with van der Waals surface area (Å²) in [5.41, 5.74) is 2.87. The van der Waals surface area contributed by atoms with Gasteiger partial charge in [0.15, 0.2) is 0 Å². The van der Waals surface area contributed by atoms with Gasteiger partial charge in [-0.05, 0) is 30.5 Å². The fourth-order valence-corrected chi connectivity index (χ4v) is 3.36. The Morgan fingerprint density at radius 2 is 1.81 bits per heavy atom. The molecule has 2 bridgehead atoms. The molecule has 1 amide bonds. The van der Waals surface area contributed by atoms with Crippen LogP contribution in [-0.4, -0.2) is 46.2 Å². The van der Waals surface area contributed by atoms with Crippen molar-refractivity contribution in [1.82, 2.24) is 20.4 Å². The summed E-state index contributed by atoms with van der Waals surface area (Å²) >= 11 is 0. The number of fused-ring (bicyclic) bond motifs is 2. The normalized spacial score (nSPS) is 24.3. The van der Waals surface area contributed by atoms with Gasteiger partial charge < -0.3 is 10.2 Å². The second kappa shape index (κ2) is 5.00. The van der Waals surface area contributed by atoms with Crippen molar-refractivity contribution in [3.05, 3.63) is 42.2 Å². The molecular formula is C16H18N4O. The highest BCUT2D eigenvalue weighted by Gasteiger charge is 2.34. The van der Waals surface area contributed by atoms with E-state index in [1.54, 1.807) is 6.20 Å². The monoisotopic (exact) mass is 282 g/mol. The zero-order valence-corrected chi connectivity index (χ0v) is 11.7. The molecule has 2 unspecified atom stereocenters. The summed E-state index contributed by atoms with van der Waals surface area (Å²) in [5.74, 6) is 0.146. The Kier molecular flexibility index (Phi) is 3.00. The maximum absolute atomic E-state index is 12.6. The van der Waals surface area contributed by atoms with Crippen LogP contribution < -0.4 is 5.32 Å². The van der Waals surface area contributed by atoms with Crippen molar-refractivity contribution in [2.45, 2.75) is 24.9 Å². The third-order valence-corrected chi connectivity index (χ3v) is 4.47. The van der Waals surface area contributed by atoms with E-state index in [4.69, 9.17) is 0 Å². The molecule has 2 fully saturated rings. The summed E-state index contributed by atoms with van der Waals surface area (Å²) in [6, 6.07) is 8.75. The van der Waals surface area contributed by atoms with Crippen LogP contribution in [-0.2, 0) is 0 Å². The summed E-state index contributed by atoms with van der Waals surface area (Å²) in [7, 11) is 0. The third kappa shape index (κ3) is 2.34. The number of aromatic amines is 1. The number of amides is 1. The van der Waals surface area contributed by atoms with E-state index in [1.807, 2.05) is 35.4 Å². The molecule has 3 heterocycles. The van der Waals surface area contributed by atoms with E-state index in [0.29, 0.717) is 12.1 Å². The number of aromatic nitrogens is 2. The minimum Gasteiger partial charge on any atom is -0.336 e. The Labute approximate surface area is 123 Å². The number of hydrogen-bond acceptors (Lipinski definition) is 3. The van der Waals surface area contributed by atoms with Gasteiger partial charge in [-0.1, -0.05) is 12.1 Å². The first kappa shape index (κ1) is 12.6. The standard InChI is InChI=1S/C16H18N4O/c21-16(20-9-14-5-6-15(10-20)19-14)12-3-1-11(2-4-12)13-7-17-18-8-13/h1-4,7-8,14-15,19H,5-6,9-10H2,(H,17,18). The Hall–Kier alpha value is -2.14. The third-order valence-electron chi connectivity index (χ3n) is 4.47. The maximum Gasteiger partial charge on any atom is 0.253 e. The molecule has 108 valence electrons. The summed E-state index contributed by atoms with van der Waals surface area (Å²) in [5, 5.41) is 10.3. The summed E-state index contributed by atoms with van der Waals surface area (Å²) in [6.07, 6.45) is 6.01. The molecule has 1 aromatic heterocycles. The number of benzene rings is 1. The SMILES string of the molecule is O=C(c1ccc(-c2cn[nH]c2)cc1)N1CC2CCC(C1)N2. The molecule has 0 spiro atoms. The van der Waals surface area contributed by atoms with Crippen LogP contribution in [0.15, 0.2) is 36.7 Å². The summed E-state index contributed by atoms with van der Waals surface area (Å²) in [6.45, 7) is 1.66. The van der Waals surface area contributed by atoms with Gasteiger partial charge in [-0.2, -0.15) is 5.10 Å². The number of likely N-dealkylation sites (tertiary alicyclic amines) is 1. The Balaban J connectivity index is 1.52. The number of carbonyl (C=O) groups excluding carboxylic acids is 1. The van der Waals surface area contributed by atoms with Crippen molar-refractivity contribution in [3.8, 4) is 11.1 Å². The van der Waals surface area contributed by atoms with Crippen LogP contribution in [0.3, 0.4) is 0 Å². The highest BCUT2D eigenvalue weighted by molar-refractivity contribution is 5.94. The molecule has 5 nitrogen and oxygen atoms in total. The quantitative estimate of drug-likeness (QED) is 0.880. The van der Waals surface area contributed by atoms with Crippen molar-refractivity contribution in [2.24, 2.45) is 0 Å². The molecule has 21 heavy (non-hydrogen) atoms. The molecule has 0 radical (unpaired) electrons. The molecule has 2 saturated heterocycles. The predicted octanol–water partition coefficient (Wildman–Crippen LogP) is 1.65. The molecular weight excluding hydrogens is 264 g/mol. The fourth-order valence-electron chi connectivity index (χ4n) is 3.36. The number of nitrogens with one attached hydrogen (secondary N) is 2. The van der Waals surface area contributed by atoms with Gasteiger partial charge >= 0.3 is 0 Å². The van der Waals surface area contributed by atoms with Crippen LogP contribution >= 0.6 is 0 Å². The van der Waals surface area contributed by atoms with E-state index in [2.05, 4.69) is 15.5 Å². The van der Waals surface area contributed by atoms with Crippen molar-refractivity contribution >= 4 is 5.91 Å². The van der Waals surface area contributed by atoms with Crippen molar-refractivity contribution in [1.29, 1.82) is 0 Å². The van der Waals surface area contributed by atoms with E-state index in [1.165, 1.54) is 12.8 Å². The number of carbonyl (C=O) groups is 1. The molecule has 5 heteroatoms. The number of rotatable bonds is 2. The van der Waals surface area contributed by atoms with Gasteiger partial charge in [-0.15, -0.1) is 0 Å². The van der Waals surface area contributed by atoms with E-state index in [-0.39, 0.29) is 5.91 Å². The van der Waals surface area contributed by atoms with Gasteiger partial charge in [-0.25, -0.2) is 0 Å². The minimum absolute atomic E-state index is 0.146. The lowest BCUT2D eigenvalue weighted by atomic mass is 10.1. The van der Waals surface area contributed by atoms with Crippen LogP contribution in [0.4, 0.5) is 0 Å². The van der Waals surface area contributed by atoms with Gasteiger partial charge in [0.2, 0.25) is 0 Å². The maximum atomic E-state index is 12.6. The van der Waals surface area contributed by atoms with Gasteiger partial charge in [0.1, 0.15) is 0 Å². The van der Waals surface area contributed by atoms with Gasteiger partial charge in [0.05, 0.1) is 6.20 Å². The molecule has 2 aliphatic heterocycles. The first-order valence-electron chi connectivity index (χ1n) is 7.44. The van der Waals surface area contributed by atoms with E-state index in [0.717, 1.165) is 29.8 Å². The molecule has 2 aromatic rings. The Morgan fingerprint density at radius 1 is 1.10 bits per heavy atom. The summed E-state index contributed by atoms with van der Waals surface area (Å²) in [4.78, 5) is 14.6. The number of hydrogen-bond donors (Lipinski definition) is 2. The Bertz CT molecular complexity index is 623. The molecule has 0 saturated carbocycles. The lowest BCUT2D eigenvalue weighted by molar-refractivity contribution is 0.0697. The van der Waals surface area contributed by atoms with Crippen molar-refractivity contribution in [2.75, 3.05) is 13.1 Å². The first-order chi connectivity index (χ1) is 10.3. The topological polar surface area (TPSA) is 61.0 Å². The highest BCUT2D eigenvalue weighted by atomic mass is 16.2. The van der Waals surface area contributed by atoms with E-state index in [9.17, 15) is 4.79 Å². The van der Waals surface area contributed by atoms with Crippen LogP contribution in [0.2, 0.25) is 0 Å². The van der Waals surface area contributed by atoms with Crippen molar-refractivity contribution < 1.29 is 4.79 Å². The largest absolute Gasteiger partial charge is 0.336 e. The number of nitrogens with zero attached hydrogens (tertiary/aromatic N) is 2. The molecule has 2 atom stereocenters. The first-order valence-corrected chi connectivity index (χ1v) is 7.44.